The zero-order chi connectivity index (χ0) is 14.4. The van der Waals surface area contributed by atoms with Crippen LogP contribution in [0.5, 0.6) is 0 Å². The van der Waals surface area contributed by atoms with Gasteiger partial charge in [0.2, 0.25) is 5.91 Å². The first-order valence-electron chi connectivity index (χ1n) is 5.10. The molecule has 0 saturated carbocycles. The van der Waals surface area contributed by atoms with Gasteiger partial charge in [-0.05, 0) is 28.1 Å². The summed E-state index contributed by atoms with van der Waals surface area (Å²) in [6.45, 7) is -1.17. The molecule has 0 saturated heterocycles. The first-order valence-corrected chi connectivity index (χ1v) is 5.90. The molecule has 9 heteroatoms. The predicted octanol–water partition coefficient (Wildman–Crippen LogP) is -0.666. The maximum atomic E-state index is 11.5. The van der Waals surface area contributed by atoms with Crippen LogP contribution in [0.4, 0.5) is 0 Å². The van der Waals surface area contributed by atoms with Gasteiger partial charge in [0.05, 0.1) is 13.2 Å². The zero-order valence-corrected chi connectivity index (χ0v) is 11.1. The molecule has 0 aromatic carbocycles. The van der Waals surface area contributed by atoms with Gasteiger partial charge in [0.1, 0.15) is 6.04 Å². The summed E-state index contributed by atoms with van der Waals surface area (Å²) in [5.74, 6) is -2.70. The van der Waals surface area contributed by atoms with Crippen LogP contribution in [0.15, 0.2) is 21.2 Å². The maximum absolute atomic E-state index is 11.5. The van der Waals surface area contributed by atoms with E-state index in [2.05, 4.69) is 21.2 Å². The summed E-state index contributed by atoms with van der Waals surface area (Å²) in [6.07, 6.45) is 0. The smallest absolute Gasteiger partial charge is 0.328 e. The first kappa shape index (κ1) is 15.2. The molecule has 0 radical (unpaired) electrons. The number of carbonyl (C=O) groups excluding carboxylic acids is 2. The summed E-state index contributed by atoms with van der Waals surface area (Å²) in [6, 6.07) is 1.52. The van der Waals surface area contributed by atoms with Gasteiger partial charge in [0.15, 0.2) is 10.4 Å². The van der Waals surface area contributed by atoms with Crippen LogP contribution >= 0.6 is 15.9 Å². The Hall–Kier alpha value is -1.87. The molecule has 0 fully saturated rings. The summed E-state index contributed by atoms with van der Waals surface area (Å²) in [4.78, 5) is 33.3. The number of hydrogen-bond acceptors (Lipinski definition) is 5. The number of halogens is 1. The highest BCUT2D eigenvalue weighted by atomic mass is 79.9. The van der Waals surface area contributed by atoms with Gasteiger partial charge in [-0.1, -0.05) is 0 Å². The molecule has 19 heavy (non-hydrogen) atoms. The number of amides is 2. The normalized spacial score (nSPS) is 11.7. The molecule has 0 spiro atoms. The molecular formula is C10H11BrN2O6. The zero-order valence-electron chi connectivity index (χ0n) is 9.55. The Morgan fingerprint density at radius 2 is 2.05 bits per heavy atom. The van der Waals surface area contributed by atoms with Crippen LogP contribution in [-0.2, 0) is 9.59 Å². The third kappa shape index (κ3) is 4.72. The summed E-state index contributed by atoms with van der Waals surface area (Å²) in [5, 5.41) is 21.6. The number of furan rings is 1. The highest BCUT2D eigenvalue weighted by molar-refractivity contribution is 9.10. The summed E-state index contributed by atoms with van der Waals surface area (Å²) in [5.41, 5.74) is 0. The van der Waals surface area contributed by atoms with E-state index in [1.54, 1.807) is 0 Å². The van der Waals surface area contributed by atoms with E-state index in [-0.39, 0.29) is 5.76 Å². The number of rotatable bonds is 6. The van der Waals surface area contributed by atoms with Gasteiger partial charge in [-0.3, -0.25) is 9.59 Å². The second kappa shape index (κ2) is 6.90. The minimum absolute atomic E-state index is 0.0108. The summed E-state index contributed by atoms with van der Waals surface area (Å²) in [7, 11) is 0. The average Bonchev–Trinajstić information content (AvgIpc) is 2.79. The Balaban J connectivity index is 2.42. The Bertz CT molecular complexity index is 486. The molecule has 4 N–H and O–H groups in total. The van der Waals surface area contributed by atoms with Crippen molar-refractivity contribution in [2.75, 3.05) is 13.2 Å². The second-order valence-electron chi connectivity index (χ2n) is 3.43. The average molecular weight is 335 g/mol. The van der Waals surface area contributed by atoms with Gasteiger partial charge in [0, 0.05) is 0 Å². The number of nitrogens with one attached hydrogen (secondary N) is 2. The number of hydrogen-bond donors (Lipinski definition) is 4. The fraction of sp³-hybridized carbons (Fsp3) is 0.300. The van der Waals surface area contributed by atoms with Gasteiger partial charge < -0.3 is 25.3 Å². The lowest BCUT2D eigenvalue weighted by Gasteiger charge is -2.11. The van der Waals surface area contributed by atoms with E-state index in [0.717, 1.165) is 0 Å². The Labute approximate surface area is 115 Å². The van der Waals surface area contributed by atoms with Gasteiger partial charge in [-0.15, -0.1) is 0 Å². The van der Waals surface area contributed by atoms with Crippen molar-refractivity contribution in [2.45, 2.75) is 6.04 Å². The molecule has 1 aromatic heterocycles. The number of carboxylic acid groups (broad SMARTS) is 1. The quantitative estimate of drug-likeness (QED) is 0.546. The van der Waals surface area contributed by atoms with E-state index in [4.69, 9.17) is 14.6 Å². The number of aliphatic hydroxyl groups is 1. The van der Waals surface area contributed by atoms with Crippen LogP contribution in [0.25, 0.3) is 0 Å². The maximum Gasteiger partial charge on any atom is 0.328 e. The second-order valence-corrected chi connectivity index (χ2v) is 4.21. The monoisotopic (exact) mass is 334 g/mol. The SMILES string of the molecule is O=C(CNC(=O)c1ccc(Br)o1)N[C@@H](CO)C(=O)O. The third-order valence-corrected chi connectivity index (χ3v) is 2.45. The van der Waals surface area contributed by atoms with Crippen molar-refractivity contribution in [1.82, 2.24) is 10.6 Å². The van der Waals surface area contributed by atoms with Gasteiger partial charge in [-0.25, -0.2) is 4.79 Å². The predicted molar refractivity (Wildman–Crippen MR) is 65.4 cm³/mol. The van der Waals surface area contributed by atoms with Crippen molar-refractivity contribution in [3.63, 3.8) is 0 Å². The molecular weight excluding hydrogens is 324 g/mol. The Morgan fingerprint density at radius 1 is 1.37 bits per heavy atom. The fourth-order valence-corrected chi connectivity index (χ4v) is 1.42. The number of carbonyl (C=O) groups is 3. The number of aliphatic hydroxyl groups excluding tert-OH is 1. The van der Waals surface area contributed by atoms with Crippen LogP contribution in [0.2, 0.25) is 0 Å². The molecule has 0 aliphatic carbocycles. The van der Waals surface area contributed by atoms with E-state index < -0.39 is 37.0 Å². The van der Waals surface area contributed by atoms with Gasteiger partial charge in [-0.2, -0.15) is 0 Å². The summed E-state index contributed by atoms with van der Waals surface area (Å²) < 4.78 is 5.33. The Morgan fingerprint density at radius 3 is 2.53 bits per heavy atom. The van der Waals surface area contributed by atoms with Gasteiger partial charge >= 0.3 is 5.97 Å². The van der Waals surface area contributed by atoms with Crippen LogP contribution in [0.3, 0.4) is 0 Å². The minimum atomic E-state index is -1.40. The molecule has 0 aliphatic heterocycles. The van der Waals surface area contributed by atoms with Crippen LogP contribution in [0, 0.1) is 0 Å². The van der Waals surface area contributed by atoms with Crippen molar-refractivity contribution in [3.8, 4) is 0 Å². The molecule has 2 amide bonds. The van der Waals surface area contributed by atoms with Crippen molar-refractivity contribution >= 4 is 33.7 Å². The van der Waals surface area contributed by atoms with Crippen molar-refractivity contribution < 1.29 is 29.0 Å². The molecule has 0 aliphatic rings. The largest absolute Gasteiger partial charge is 0.480 e. The Kier molecular flexibility index (Phi) is 5.52. The topological polar surface area (TPSA) is 129 Å². The molecule has 1 heterocycles. The van der Waals surface area contributed by atoms with Gasteiger partial charge in [0.25, 0.3) is 5.91 Å². The standard InChI is InChI=1S/C10H11BrN2O6/c11-7-2-1-6(19-7)9(16)12-3-8(15)13-5(4-14)10(17)18/h1-2,5,14H,3-4H2,(H,12,16)(H,13,15)(H,17,18)/t5-/m0/s1. The van der Waals surface area contributed by atoms with E-state index >= 15 is 0 Å². The highest BCUT2D eigenvalue weighted by Gasteiger charge is 2.19. The van der Waals surface area contributed by atoms with Crippen molar-refractivity contribution in [2.24, 2.45) is 0 Å². The van der Waals surface area contributed by atoms with E-state index in [9.17, 15) is 14.4 Å². The van der Waals surface area contributed by atoms with Crippen LogP contribution in [-0.4, -0.2) is 47.2 Å². The molecule has 1 aromatic rings. The number of aliphatic carboxylic acids is 1. The lowest BCUT2D eigenvalue weighted by Crippen LogP contribution is -2.47. The summed E-state index contributed by atoms with van der Waals surface area (Å²) >= 11 is 3.02. The third-order valence-electron chi connectivity index (χ3n) is 2.02. The fourth-order valence-electron chi connectivity index (χ4n) is 1.11. The molecule has 8 nitrogen and oxygen atoms in total. The molecule has 1 atom stereocenters. The van der Waals surface area contributed by atoms with Crippen LogP contribution in [0.1, 0.15) is 10.6 Å². The lowest BCUT2D eigenvalue weighted by atomic mass is 10.3. The van der Waals surface area contributed by atoms with Crippen molar-refractivity contribution in [3.05, 3.63) is 22.6 Å². The first-order chi connectivity index (χ1) is 8.93. The number of carboxylic acids is 1. The highest BCUT2D eigenvalue weighted by Crippen LogP contribution is 2.13. The van der Waals surface area contributed by atoms with E-state index in [1.165, 1.54) is 12.1 Å². The molecule has 0 unspecified atom stereocenters. The van der Waals surface area contributed by atoms with E-state index in [0.29, 0.717) is 4.67 Å². The molecule has 104 valence electrons. The lowest BCUT2D eigenvalue weighted by molar-refractivity contribution is -0.142. The van der Waals surface area contributed by atoms with E-state index in [1.807, 2.05) is 5.32 Å². The van der Waals surface area contributed by atoms with Crippen molar-refractivity contribution in [1.29, 1.82) is 0 Å². The van der Waals surface area contributed by atoms with Crippen LogP contribution < -0.4 is 10.6 Å². The molecule has 1 rings (SSSR count). The minimum Gasteiger partial charge on any atom is -0.480 e. The molecule has 0 bridgehead atoms.